The summed E-state index contributed by atoms with van der Waals surface area (Å²) in [6.07, 6.45) is 0. The van der Waals surface area contributed by atoms with E-state index in [2.05, 4.69) is 84.3 Å². The van der Waals surface area contributed by atoms with Crippen molar-refractivity contribution in [2.24, 2.45) is 0 Å². The molecule has 170 valence electrons. The van der Waals surface area contributed by atoms with Gasteiger partial charge in [-0.15, -0.1) is 0 Å². The Labute approximate surface area is 208 Å². The van der Waals surface area contributed by atoms with Crippen LogP contribution in [0.1, 0.15) is 25.0 Å². The van der Waals surface area contributed by atoms with Crippen molar-refractivity contribution in [3.05, 3.63) is 108 Å². The zero-order valence-corrected chi connectivity index (χ0v) is 20.2. The molecule has 4 aromatic carbocycles. The smallest absolute Gasteiger partial charge is 0.248 e. The SMILES string of the molecule is CC1(C)c2ccccc2N(c2nsc(N3c4ccccc4Oc4ccccc43)n2)c2ccccc21. The number of benzene rings is 4. The second-order valence-corrected chi connectivity index (χ2v) is 9.97. The Morgan fingerprint density at radius 1 is 0.629 bits per heavy atom. The van der Waals surface area contributed by atoms with Crippen LogP contribution in [0.3, 0.4) is 0 Å². The van der Waals surface area contributed by atoms with Gasteiger partial charge in [0.25, 0.3) is 0 Å². The summed E-state index contributed by atoms with van der Waals surface area (Å²) in [5, 5.41) is 0.794. The van der Waals surface area contributed by atoms with Crippen molar-refractivity contribution in [3.8, 4) is 11.5 Å². The molecule has 35 heavy (non-hydrogen) atoms. The minimum absolute atomic E-state index is 0.120. The van der Waals surface area contributed by atoms with Gasteiger partial charge in [0.05, 0.1) is 22.7 Å². The summed E-state index contributed by atoms with van der Waals surface area (Å²) in [5.74, 6) is 2.28. The number of para-hydroxylation sites is 6. The second kappa shape index (κ2) is 7.42. The van der Waals surface area contributed by atoms with Gasteiger partial charge in [-0.05, 0) is 47.5 Å². The lowest BCUT2D eigenvalue weighted by molar-refractivity contribution is 0.477. The van der Waals surface area contributed by atoms with Crippen molar-refractivity contribution in [2.45, 2.75) is 19.3 Å². The average Bonchev–Trinajstić information content (AvgIpc) is 3.37. The van der Waals surface area contributed by atoms with Gasteiger partial charge in [0.15, 0.2) is 11.5 Å². The highest BCUT2D eigenvalue weighted by molar-refractivity contribution is 7.10. The van der Waals surface area contributed by atoms with E-state index in [0.29, 0.717) is 5.95 Å². The van der Waals surface area contributed by atoms with E-state index < -0.39 is 0 Å². The molecule has 3 heterocycles. The zero-order valence-electron chi connectivity index (χ0n) is 19.3. The maximum Gasteiger partial charge on any atom is 0.248 e. The second-order valence-electron chi connectivity index (χ2n) is 9.24. The lowest BCUT2D eigenvalue weighted by Crippen LogP contribution is -2.30. The number of rotatable bonds is 2. The first-order valence-electron chi connectivity index (χ1n) is 11.6. The summed E-state index contributed by atoms with van der Waals surface area (Å²) in [4.78, 5) is 9.43. The van der Waals surface area contributed by atoms with Crippen molar-refractivity contribution >= 4 is 45.4 Å². The van der Waals surface area contributed by atoms with Crippen LogP contribution in [0, 0.1) is 0 Å². The van der Waals surface area contributed by atoms with Crippen molar-refractivity contribution < 1.29 is 4.74 Å². The Balaban J connectivity index is 1.41. The molecule has 0 atom stereocenters. The Kier molecular flexibility index (Phi) is 4.29. The summed E-state index contributed by atoms with van der Waals surface area (Å²) in [6, 6.07) is 33.2. The molecule has 0 unspecified atom stereocenters. The van der Waals surface area contributed by atoms with Crippen LogP contribution in [0.15, 0.2) is 97.1 Å². The Morgan fingerprint density at radius 3 is 1.69 bits per heavy atom. The van der Waals surface area contributed by atoms with E-state index in [4.69, 9.17) is 14.1 Å². The monoisotopic (exact) mass is 474 g/mol. The number of ether oxygens (including phenoxy) is 1. The zero-order chi connectivity index (χ0) is 23.6. The number of aromatic nitrogens is 2. The van der Waals surface area contributed by atoms with E-state index in [0.717, 1.165) is 39.4 Å². The van der Waals surface area contributed by atoms with Gasteiger partial charge in [0.2, 0.25) is 11.1 Å². The average molecular weight is 475 g/mol. The van der Waals surface area contributed by atoms with Crippen LogP contribution in [-0.2, 0) is 5.41 Å². The molecule has 2 aliphatic heterocycles. The van der Waals surface area contributed by atoms with E-state index in [1.807, 2.05) is 36.4 Å². The predicted octanol–water partition coefficient (Wildman–Crippen LogP) is 8.22. The van der Waals surface area contributed by atoms with Gasteiger partial charge in [-0.2, -0.15) is 9.36 Å². The first-order chi connectivity index (χ1) is 17.1. The minimum atomic E-state index is -0.120. The summed E-state index contributed by atoms with van der Waals surface area (Å²) in [6.45, 7) is 4.56. The molecule has 2 aliphatic rings. The molecule has 1 aromatic heterocycles. The Morgan fingerprint density at radius 2 is 1.11 bits per heavy atom. The van der Waals surface area contributed by atoms with Gasteiger partial charge in [-0.25, -0.2) is 0 Å². The standard InChI is InChI=1S/C29H22N4OS/c1-29(2)19-11-3-5-13-21(19)32(22-14-6-4-12-20(22)29)27-30-28(35-31-27)33-23-15-7-9-17-25(23)34-26-18-10-8-16-24(26)33/h3-18H,1-2H3. The van der Waals surface area contributed by atoms with Crippen molar-refractivity contribution in [1.82, 2.24) is 9.36 Å². The van der Waals surface area contributed by atoms with Crippen molar-refractivity contribution in [3.63, 3.8) is 0 Å². The third kappa shape index (κ3) is 2.93. The molecule has 0 amide bonds. The minimum Gasteiger partial charge on any atom is -0.453 e. The van der Waals surface area contributed by atoms with Crippen LogP contribution in [0.2, 0.25) is 0 Å². The summed E-state index contributed by atoms with van der Waals surface area (Å²) in [5.41, 5.74) is 6.54. The van der Waals surface area contributed by atoms with Crippen LogP contribution in [0.5, 0.6) is 11.5 Å². The molecule has 0 saturated carbocycles. The summed E-state index contributed by atoms with van der Waals surface area (Å²) in [7, 11) is 0. The van der Waals surface area contributed by atoms with E-state index in [-0.39, 0.29) is 5.41 Å². The largest absolute Gasteiger partial charge is 0.453 e. The molecule has 0 spiro atoms. The Bertz CT molecular complexity index is 1500. The molecule has 7 rings (SSSR count). The molecule has 5 aromatic rings. The fourth-order valence-corrected chi connectivity index (χ4v) is 5.87. The molecule has 0 bridgehead atoms. The number of hydrogen-bond acceptors (Lipinski definition) is 6. The normalized spacial score (nSPS) is 14.9. The van der Waals surface area contributed by atoms with Crippen LogP contribution >= 0.6 is 11.5 Å². The topological polar surface area (TPSA) is 41.5 Å². The third-order valence-corrected chi connectivity index (χ3v) is 7.56. The molecule has 0 saturated heterocycles. The van der Waals surface area contributed by atoms with Crippen LogP contribution in [-0.4, -0.2) is 9.36 Å². The molecule has 0 fully saturated rings. The quantitative estimate of drug-likeness (QED) is 0.253. The molecule has 0 N–H and O–H groups in total. The number of hydrogen-bond donors (Lipinski definition) is 0. The van der Waals surface area contributed by atoms with Crippen molar-refractivity contribution in [2.75, 3.05) is 9.80 Å². The number of nitrogens with zero attached hydrogens (tertiary/aromatic N) is 4. The molecule has 6 heteroatoms. The van der Waals surface area contributed by atoms with E-state index in [1.54, 1.807) is 0 Å². The van der Waals surface area contributed by atoms with E-state index in [1.165, 1.54) is 22.7 Å². The summed E-state index contributed by atoms with van der Waals surface area (Å²) < 4.78 is 11.1. The van der Waals surface area contributed by atoms with Gasteiger partial charge in [-0.3, -0.25) is 9.80 Å². The van der Waals surface area contributed by atoms with Gasteiger partial charge < -0.3 is 4.74 Å². The van der Waals surface area contributed by atoms with E-state index in [9.17, 15) is 0 Å². The fraction of sp³-hybridized carbons (Fsp3) is 0.103. The van der Waals surface area contributed by atoms with Crippen LogP contribution < -0.4 is 14.5 Å². The van der Waals surface area contributed by atoms with Gasteiger partial charge in [-0.1, -0.05) is 74.5 Å². The first-order valence-corrected chi connectivity index (χ1v) is 12.4. The highest BCUT2D eigenvalue weighted by atomic mass is 32.1. The summed E-state index contributed by atoms with van der Waals surface area (Å²) >= 11 is 1.39. The van der Waals surface area contributed by atoms with Crippen molar-refractivity contribution in [1.29, 1.82) is 0 Å². The lowest BCUT2D eigenvalue weighted by Gasteiger charge is -2.40. The highest BCUT2D eigenvalue weighted by Crippen LogP contribution is 2.53. The predicted molar refractivity (Wildman–Crippen MR) is 141 cm³/mol. The maximum atomic E-state index is 6.17. The van der Waals surface area contributed by atoms with Gasteiger partial charge in [0.1, 0.15) is 0 Å². The molecule has 0 aliphatic carbocycles. The van der Waals surface area contributed by atoms with Crippen LogP contribution in [0.4, 0.5) is 33.8 Å². The number of anilines is 6. The molecule has 0 radical (unpaired) electrons. The molecular formula is C29H22N4OS. The third-order valence-electron chi connectivity index (χ3n) is 6.86. The molecule has 5 nitrogen and oxygen atoms in total. The number of fused-ring (bicyclic) bond motifs is 4. The fourth-order valence-electron chi connectivity index (χ4n) is 5.18. The van der Waals surface area contributed by atoms with E-state index >= 15 is 0 Å². The maximum absolute atomic E-state index is 6.17. The van der Waals surface area contributed by atoms with Gasteiger partial charge in [0, 0.05) is 16.9 Å². The Hall–Kier alpha value is -4.16. The molecular weight excluding hydrogens is 452 g/mol. The van der Waals surface area contributed by atoms with Gasteiger partial charge >= 0.3 is 0 Å². The van der Waals surface area contributed by atoms with Crippen LogP contribution in [0.25, 0.3) is 0 Å². The first kappa shape index (κ1) is 20.2. The highest BCUT2D eigenvalue weighted by Gasteiger charge is 2.38. The lowest BCUT2D eigenvalue weighted by atomic mass is 9.74.